The normalized spacial score (nSPS) is 12.9. The Kier molecular flexibility index (Phi) is 3.59. The van der Waals surface area contributed by atoms with Gasteiger partial charge in [-0.3, -0.25) is 0 Å². The SMILES string of the molecule is Cl.[F][Zn]([F])([F])([Cl])[Cl]. The van der Waals surface area contributed by atoms with Crippen LogP contribution < -0.4 is 0 Å². The van der Waals surface area contributed by atoms with Crippen LogP contribution in [0.25, 0.3) is 0 Å². The van der Waals surface area contributed by atoms with E-state index in [1.807, 2.05) is 0 Å². The van der Waals surface area contributed by atoms with Gasteiger partial charge < -0.3 is 0 Å². The van der Waals surface area contributed by atoms with Crippen molar-refractivity contribution in [1.29, 1.82) is 0 Å². The molecular weight excluding hydrogens is 229 g/mol. The fraction of sp³-hybridized carbons (Fsp3) is 0. The van der Waals surface area contributed by atoms with Crippen LogP contribution in [0.15, 0.2) is 0 Å². The first-order valence-electron chi connectivity index (χ1n) is 1.34. The van der Waals surface area contributed by atoms with E-state index in [-0.39, 0.29) is 12.4 Å². The molecule has 0 radical (unpaired) electrons. The molecule has 0 N–H and O–H groups in total. The van der Waals surface area contributed by atoms with Gasteiger partial charge in [-0.2, -0.15) is 0 Å². The monoisotopic (exact) mass is 227 g/mol. The van der Waals surface area contributed by atoms with E-state index >= 15 is 0 Å². The Morgan fingerprint density at radius 2 is 1.00 bits per heavy atom. The fourth-order valence-corrected chi connectivity index (χ4v) is 0. The fourth-order valence-electron chi connectivity index (χ4n) is 0. The summed E-state index contributed by atoms with van der Waals surface area (Å²) in [6.45, 7) is 0. The molecule has 0 aromatic carbocycles. The van der Waals surface area contributed by atoms with Crippen LogP contribution in [0.4, 0.5) is 9.95 Å². The predicted molar refractivity (Wildman–Crippen MR) is 22.3 cm³/mol. The maximum atomic E-state index is 10.8. The Bertz CT molecular complexity index is 43.4. The second-order valence-electron chi connectivity index (χ2n) is 1.01. The van der Waals surface area contributed by atoms with E-state index in [4.69, 9.17) is 0 Å². The van der Waals surface area contributed by atoms with Crippen molar-refractivity contribution in [3.63, 3.8) is 0 Å². The van der Waals surface area contributed by atoms with Crippen molar-refractivity contribution < 1.29 is 23.1 Å². The summed E-state index contributed by atoms with van der Waals surface area (Å²) in [7, 11) is 7.54. The average molecular weight is 230 g/mol. The molecule has 0 heterocycles. The molecule has 0 nitrogen and oxygen atoms in total. The second-order valence-corrected chi connectivity index (χ2v) is 15.7. The first kappa shape index (κ1) is 11.1. The van der Waals surface area contributed by atoms with Crippen LogP contribution >= 0.6 is 31.8 Å². The first-order valence-corrected chi connectivity index (χ1v) is 12.5. The van der Waals surface area contributed by atoms with Crippen molar-refractivity contribution in [1.82, 2.24) is 0 Å². The summed E-state index contributed by atoms with van der Waals surface area (Å²) in [6.07, 6.45) is 0. The summed E-state index contributed by atoms with van der Waals surface area (Å²) < 4.78 is 32.4. The number of halogens is 6. The van der Waals surface area contributed by atoms with E-state index < -0.39 is 13.1 Å². The van der Waals surface area contributed by atoms with Crippen molar-refractivity contribution in [3.8, 4) is 0 Å². The summed E-state index contributed by atoms with van der Waals surface area (Å²) >= 11 is -7.38. The third-order valence-electron chi connectivity index (χ3n) is 0. The molecule has 0 fully saturated rings. The second kappa shape index (κ2) is 2.26. The molecule has 7 heavy (non-hydrogen) atoms. The van der Waals surface area contributed by atoms with Crippen LogP contribution in [-0.2, 0) is 13.1 Å². The molecule has 7 heteroatoms. The molecular formula is HCl3F3Zn. The molecule has 0 bridgehead atoms. The average Bonchev–Trinajstić information content (AvgIpc) is 0.650. The third kappa shape index (κ3) is 123. The van der Waals surface area contributed by atoms with E-state index in [0.717, 1.165) is 0 Å². The minimum absolute atomic E-state index is 0. The Labute approximate surface area is 54.9 Å². The van der Waals surface area contributed by atoms with Crippen molar-refractivity contribution in [2.75, 3.05) is 0 Å². The van der Waals surface area contributed by atoms with E-state index in [0.29, 0.717) is 0 Å². The van der Waals surface area contributed by atoms with Crippen LogP contribution in [0.2, 0.25) is 0 Å². The third-order valence-corrected chi connectivity index (χ3v) is 0. The summed E-state index contributed by atoms with van der Waals surface area (Å²) in [6, 6.07) is 0. The van der Waals surface area contributed by atoms with Gasteiger partial charge in [-0.05, 0) is 0 Å². The van der Waals surface area contributed by atoms with E-state index in [1.165, 1.54) is 0 Å². The maximum absolute atomic E-state index is 10.8. The van der Waals surface area contributed by atoms with Crippen LogP contribution in [-0.4, -0.2) is 0 Å². The summed E-state index contributed by atoms with van der Waals surface area (Å²) in [5.41, 5.74) is 0. The van der Waals surface area contributed by atoms with Gasteiger partial charge in [-0.15, -0.1) is 12.4 Å². The van der Waals surface area contributed by atoms with Crippen LogP contribution in [0.3, 0.4) is 0 Å². The molecule has 0 aliphatic carbocycles. The standard InChI is InChI=1S/3ClH.3FH.Zn/h6*1H;/q;;;;;;+5/p-5. The van der Waals surface area contributed by atoms with Crippen LogP contribution in [0.1, 0.15) is 0 Å². The van der Waals surface area contributed by atoms with Gasteiger partial charge in [0.2, 0.25) is 0 Å². The quantitative estimate of drug-likeness (QED) is 0.560. The summed E-state index contributed by atoms with van der Waals surface area (Å²) in [5.74, 6) is 0. The molecule has 0 unspecified atom stereocenters. The van der Waals surface area contributed by atoms with Gasteiger partial charge in [0.1, 0.15) is 0 Å². The van der Waals surface area contributed by atoms with E-state index in [9.17, 15) is 9.95 Å². The number of hydrogen-bond acceptors (Lipinski definition) is 0. The topological polar surface area (TPSA) is 0 Å². The zero-order valence-electron chi connectivity index (χ0n) is 3.01. The van der Waals surface area contributed by atoms with Gasteiger partial charge in [0.05, 0.1) is 0 Å². The van der Waals surface area contributed by atoms with Crippen molar-refractivity contribution in [3.05, 3.63) is 0 Å². The molecule has 0 atom stereocenters. The summed E-state index contributed by atoms with van der Waals surface area (Å²) in [4.78, 5) is 0. The molecule has 0 saturated carbocycles. The van der Waals surface area contributed by atoms with Gasteiger partial charge in [0.15, 0.2) is 0 Å². The summed E-state index contributed by atoms with van der Waals surface area (Å²) in [5, 5.41) is 0. The predicted octanol–water partition coefficient (Wildman–Crippen LogP) is 3.06. The number of rotatable bonds is 0. The molecule has 0 aromatic rings. The molecule has 0 spiro atoms. The van der Waals surface area contributed by atoms with Gasteiger partial charge in [-0.1, -0.05) is 0 Å². The zero-order chi connectivity index (χ0) is 5.45. The molecule has 0 amide bonds. The molecule has 0 aliphatic heterocycles. The molecule has 0 aliphatic rings. The van der Waals surface area contributed by atoms with Gasteiger partial charge in [0, 0.05) is 0 Å². The Morgan fingerprint density at radius 1 is 1.00 bits per heavy atom. The zero-order valence-corrected chi connectivity index (χ0v) is 8.30. The Balaban J connectivity index is 0. The van der Waals surface area contributed by atoms with Gasteiger partial charge in [-0.25, -0.2) is 0 Å². The number of hydrogen-bond donors (Lipinski definition) is 0. The van der Waals surface area contributed by atoms with Crippen molar-refractivity contribution in [2.45, 2.75) is 0 Å². The van der Waals surface area contributed by atoms with Crippen LogP contribution in [0.5, 0.6) is 0 Å². The minimum atomic E-state index is -7.38. The van der Waals surface area contributed by atoms with Gasteiger partial charge in [0.25, 0.3) is 0 Å². The van der Waals surface area contributed by atoms with Crippen molar-refractivity contribution in [2.24, 2.45) is 0 Å². The van der Waals surface area contributed by atoms with Gasteiger partial charge >= 0.3 is 42.4 Å². The molecule has 0 aromatic heterocycles. The van der Waals surface area contributed by atoms with Crippen molar-refractivity contribution >= 4 is 31.8 Å². The Morgan fingerprint density at radius 3 is 1.00 bits per heavy atom. The molecule has 0 saturated heterocycles. The van der Waals surface area contributed by atoms with E-state index in [1.54, 1.807) is 0 Å². The Hall–Kier alpha value is 1.28. The molecule has 0 rings (SSSR count). The van der Waals surface area contributed by atoms with Crippen LogP contribution in [0, 0.1) is 0 Å². The van der Waals surface area contributed by atoms with E-state index in [2.05, 4.69) is 19.4 Å². The molecule has 45 valence electrons. The first-order chi connectivity index (χ1) is 2.24.